The first kappa shape index (κ1) is 28.6. The van der Waals surface area contributed by atoms with Crippen molar-refractivity contribution in [2.45, 2.75) is 52.6 Å². The monoisotopic (exact) mass is 536 g/mol. The first-order valence-corrected chi connectivity index (χ1v) is 13.1. The molecule has 0 spiro atoms. The van der Waals surface area contributed by atoms with Gasteiger partial charge < -0.3 is 21.7 Å². The lowest BCUT2D eigenvalue weighted by Crippen LogP contribution is -2.50. The van der Waals surface area contributed by atoms with Gasteiger partial charge in [-0.2, -0.15) is 4.37 Å². The number of benzene rings is 2. The molecule has 0 bridgehead atoms. The number of aromatic nitrogens is 1. The van der Waals surface area contributed by atoms with Crippen molar-refractivity contribution in [3.05, 3.63) is 69.7 Å². The first-order valence-electron chi connectivity index (χ1n) is 12.3. The quantitative estimate of drug-likeness (QED) is 0.375. The second-order valence-electron chi connectivity index (χ2n) is 10.2. The average molecular weight is 537 g/mol. The Hall–Kier alpha value is -3.92. The fourth-order valence-electron chi connectivity index (χ4n) is 4.04. The van der Waals surface area contributed by atoms with Gasteiger partial charge in [-0.1, -0.05) is 36.8 Å². The molecule has 1 heterocycles. The molecule has 3 aromatic rings. The lowest BCUT2D eigenvalue weighted by atomic mass is 9.97. The molecule has 0 radical (unpaired) electrons. The van der Waals surface area contributed by atoms with E-state index in [0.717, 1.165) is 28.3 Å². The highest BCUT2D eigenvalue weighted by Gasteiger charge is 2.38. The number of nitrogens with one attached hydrogen (secondary N) is 1. The Morgan fingerprint density at radius 2 is 1.71 bits per heavy atom. The van der Waals surface area contributed by atoms with Crippen molar-refractivity contribution in [3.8, 4) is 0 Å². The van der Waals surface area contributed by atoms with Crippen LogP contribution >= 0.6 is 11.5 Å². The third kappa shape index (κ3) is 5.96. The number of nitrogen functional groups attached to an aromatic ring is 1. The molecule has 1 aromatic heterocycles. The number of hydrogen-bond acceptors (Lipinski definition) is 7. The Morgan fingerprint density at radius 3 is 2.21 bits per heavy atom. The van der Waals surface area contributed by atoms with E-state index >= 15 is 0 Å². The predicted octanol–water partition coefficient (Wildman–Crippen LogP) is 4.20. The van der Waals surface area contributed by atoms with Crippen LogP contribution < -0.4 is 26.6 Å². The maximum absolute atomic E-state index is 14.2. The lowest BCUT2D eigenvalue weighted by Gasteiger charge is -2.35. The van der Waals surface area contributed by atoms with E-state index in [1.807, 2.05) is 96.1 Å². The number of nitrogens with zero attached hydrogens (tertiary/aromatic N) is 3. The SMILES string of the molecule is CCC(C)(C)NC(=O)C(c1ccc(N(C)C)cc1)N(C(=O)c1snc(C(N)=O)c1N)c1ccc(C)cc1C. The molecular weight excluding hydrogens is 500 g/mol. The van der Waals surface area contributed by atoms with Gasteiger partial charge in [0, 0.05) is 31.0 Å². The minimum atomic E-state index is -1.04. The van der Waals surface area contributed by atoms with E-state index in [9.17, 15) is 14.4 Å². The van der Waals surface area contributed by atoms with Gasteiger partial charge in [0.05, 0.1) is 5.69 Å². The molecule has 10 heteroatoms. The lowest BCUT2D eigenvalue weighted by molar-refractivity contribution is -0.124. The topological polar surface area (TPSA) is 135 Å². The van der Waals surface area contributed by atoms with Crippen LogP contribution in [-0.4, -0.2) is 41.7 Å². The Bertz CT molecular complexity index is 1350. The molecule has 3 rings (SSSR count). The Labute approximate surface area is 228 Å². The van der Waals surface area contributed by atoms with Crippen LogP contribution in [0.1, 0.15) is 70.1 Å². The molecule has 0 saturated heterocycles. The molecule has 0 aliphatic carbocycles. The molecule has 5 N–H and O–H groups in total. The van der Waals surface area contributed by atoms with Crippen LogP contribution in [0.2, 0.25) is 0 Å². The van der Waals surface area contributed by atoms with Crippen molar-refractivity contribution in [1.82, 2.24) is 9.69 Å². The van der Waals surface area contributed by atoms with Gasteiger partial charge in [0.25, 0.3) is 11.8 Å². The van der Waals surface area contributed by atoms with Crippen LogP contribution in [0.4, 0.5) is 17.1 Å². The van der Waals surface area contributed by atoms with Crippen LogP contribution in [0.15, 0.2) is 42.5 Å². The number of hydrogen-bond donors (Lipinski definition) is 3. The number of carbonyl (C=O) groups excluding carboxylic acids is 3. The van der Waals surface area contributed by atoms with Gasteiger partial charge in [-0.25, -0.2) is 0 Å². The van der Waals surface area contributed by atoms with E-state index in [1.54, 1.807) is 0 Å². The summed E-state index contributed by atoms with van der Waals surface area (Å²) < 4.78 is 4.02. The largest absolute Gasteiger partial charge is 0.395 e. The summed E-state index contributed by atoms with van der Waals surface area (Å²) in [6, 6.07) is 12.1. The molecule has 3 amide bonds. The highest BCUT2D eigenvalue weighted by molar-refractivity contribution is 7.09. The number of rotatable bonds is 9. The minimum Gasteiger partial charge on any atom is -0.395 e. The van der Waals surface area contributed by atoms with Crippen molar-refractivity contribution in [3.63, 3.8) is 0 Å². The van der Waals surface area contributed by atoms with E-state index in [1.165, 1.54) is 4.90 Å². The minimum absolute atomic E-state index is 0.0382. The summed E-state index contributed by atoms with van der Waals surface area (Å²) in [4.78, 5) is 43.5. The number of anilines is 3. The summed E-state index contributed by atoms with van der Waals surface area (Å²) in [7, 11) is 3.86. The van der Waals surface area contributed by atoms with Gasteiger partial charge in [0.1, 0.15) is 10.9 Å². The maximum Gasteiger partial charge on any atom is 0.273 e. The Kier molecular flexibility index (Phi) is 8.46. The maximum atomic E-state index is 14.2. The zero-order valence-corrected chi connectivity index (χ0v) is 23.8. The third-order valence-corrected chi connectivity index (χ3v) is 7.41. The van der Waals surface area contributed by atoms with E-state index in [0.29, 0.717) is 17.7 Å². The van der Waals surface area contributed by atoms with Crippen LogP contribution in [0.25, 0.3) is 0 Å². The van der Waals surface area contributed by atoms with Crippen molar-refractivity contribution in [2.24, 2.45) is 5.73 Å². The normalized spacial score (nSPS) is 12.1. The average Bonchev–Trinajstić information content (AvgIpc) is 3.24. The molecule has 0 aliphatic rings. The van der Waals surface area contributed by atoms with Gasteiger partial charge in [0.2, 0.25) is 5.91 Å². The summed E-state index contributed by atoms with van der Waals surface area (Å²) >= 11 is 0.788. The van der Waals surface area contributed by atoms with Crippen molar-refractivity contribution in [1.29, 1.82) is 0 Å². The molecule has 0 fully saturated rings. The van der Waals surface area contributed by atoms with Crippen LogP contribution in [0.3, 0.4) is 0 Å². The summed E-state index contributed by atoms with van der Waals surface area (Å²) in [6.07, 6.45) is 0.687. The summed E-state index contributed by atoms with van der Waals surface area (Å²) in [5.74, 6) is -1.72. The summed E-state index contributed by atoms with van der Waals surface area (Å²) in [5, 5.41) is 3.11. The molecule has 0 aliphatic heterocycles. The Balaban J connectivity index is 2.28. The summed E-state index contributed by atoms with van der Waals surface area (Å²) in [5.41, 5.74) is 14.7. The second-order valence-corrected chi connectivity index (χ2v) is 11.0. The molecule has 202 valence electrons. The standard InChI is InChI=1S/C28H36N6O3S/c1-8-28(4,5)31-26(36)23(18-10-12-19(13-11-18)33(6)7)34(20-14-9-16(2)15-17(20)3)27(37)24-21(29)22(25(30)35)32-38-24/h9-15,23H,8,29H2,1-7H3,(H2,30,35)(H,31,36). The fourth-order valence-corrected chi connectivity index (χ4v) is 4.79. The molecule has 1 atom stereocenters. The number of amides is 3. The van der Waals surface area contributed by atoms with Crippen LogP contribution in [-0.2, 0) is 4.79 Å². The highest BCUT2D eigenvalue weighted by atomic mass is 32.1. The second kappa shape index (κ2) is 11.2. The molecule has 9 nitrogen and oxygen atoms in total. The van der Waals surface area contributed by atoms with E-state index in [4.69, 9.17) is 11.5 Å². The van der Waals surface area contributed by atoms with Crippen LogP contribution in [0, 0.1) is 13.8 Å². The number of carbonyl (C=O) groups is 3. The smallest absolute Gasteiger partial charge is 0.273 e. The van der Waals surface area contributed by atoms with Gasteiger partial charge in [-0.15, -0.1) is 0 Å². The van der Waals surface area contributed by atoms with Gasteiger partial charge >= 0.3 is 0 Å². The fraction of sp³-hybridized carbons (Fsp3) is 0.357. The van der Waals surface area contributed by atoms with Crippen molar-refractivity contribution < 1.29 is 14.4 Å². The van der Waals surface area contributed by atoms with Gasteiger partial charge in [0.15, 0.2) is 5.69 Å². The van der Waals surface area contributed by atoms with Crippen molar-refractivity contribution >= 4 is 46.3 Å². The molecule has 1 unspecified atom stereocenters. The van der Waals surface area contributed by atoms with E-state index in [-0.39, 0.29) is 22.2 Å². The molecule has 38 heavy (non-hydrogen) atoms. The number of aryl methyl sites for hydroxylation is 2. The van der Waals surface area contributed by atoms with Crippen LogP contribution in [0.5, 0.6) is 0 Å². The summed E-state index contributed by atoms with van der Waals surface area (Å²) in [6.45, 7) is 9.68. The third-order valence-electron chi connectivity index (χ3n) is 6.56. The number of primary amides is 1. The molecule has 2 aromatic carbocycles. The molecule has 0 saturated carbocycles. The van der Waals surface area contributed by atoms with E-state index in [2.05, 4.69) is 9.69 Å². The zero-order chi connectivity index (χ0) is 28.4. The molecular formula is C28H36N6O3S. The van der Waals surface area contributed by atoms with Gasteiger partial charge in [-0.3, -0.25) is 19.3 Å². The van der Waals surface area contributed by atoms with E-state index < -0.39 is 23.4 Å². The predicted molar refractivity (Wildman–Crippen MR) is 154 cm³/mol. The first-order chi connectivity index (χ1) is 17.8. The Morgan fingerprint density at radius 1 is 1.08 bits per heavy atom. The van der Waals surface area contributed by atoms with Crippen molar-refractivity contribution in [2.75, 3.05) is 29.6 Å². The van der Waals surface area contributed by atoms with Gasteiger partial charge in [-0.05, 0) is 75.0 Å². The zero-order valence-electron chi connectivity index (χ0n) is 23.0. The highest BCUT2D eigenvalue weighted by Crippen LogP contribution is 2.36. The number of nitrogens with two attached hydrogens (primary N) is 2.